The van der Waals surface area contributed by atoms with Crippen LogP contribution in [-0.4, -0.2) is 13.2 Å². The molecule has 78 valence electrons. The molecule has 0 saturated heterocycles. The maximum atomic E-state index is 5.09. The minimum atomic E-state index is 0.536. The Morgan fingerprint density at radius 2 is 1.93 bits per heavy atom. The third-order valence-electron chi connectivity index (χ3n) is 2.22. The van der Waals surface area contributed by atoms with Crippen LogP contribution < -0.4 is 10.1 Å². The molecule has 0 spiro atoms. The van der Waals surface area contributed by atoms with Crippen LogP contribution in [-0.2, 0) is 0 Å². The van der Waals surface area contributed by atoms with Gasteiger partial charge in [-0.1, -0.05) is 13.3 Å². The molecule has 1 atom stereocenters. The average Bonchev–Trinajstić information content (AvgIpc) is 2.19. The van der Waals surface area contributed by atoms with Crippen molar-refractivity contribution in [3.63, 3.8) is 0 Å². The number of ether oxygens (including phenoxy) is 1. The molecule has 0 amide bonds. The summed E-state index contributed by atoms with van der Waals surface area (Å²) in [7, 11) is 1.68. The molecule has 1 N–H and O–H groups in total. The molecule has 0 aliphatic rings. The molecule has 0 heterocycles. The molecule has 0 radical (unpaired) electrons. The van der Waals surface area contributed by atoms with Gasteiger partial charge in [-0.3, -0.25) is 0 Å². The zero-order valence-electron chi connectivity index (χ0n) is 9.21. The lowest BCUT2D eigenvalue weighted by atomic mass is 10.2. The quantitative estimate of drug-likeness (QED) is 0.774. The molecule has 1 aromatic carbocycles. The first-order valence-corrected chi connectivity index (χ1v) is 5.17. The van der Waals surface area contributed by atoms with E-state index in [1.54, 1.807) is 7.11 Å². The van der Waals surface area contributed by atoms with E-state index in [0.717, 1.165) is 11.4 Å². The molecule has 0 saturated carbocycles. The van der Waals surface area contributed by atoms with Crippen molar-refractivity contribution in [2.24, 2.45) is 0 Å². The Hall–Kier alpha value is -1.18. The number of benzene rings is 1. The van der Waals surface area contributed by atoms with Gasteiger partial charge >= 0.3 is 0 Å². The lowest BCUT2D eigenvalue weighted by molar-refractivity contribution is 0.415. The van der Waals surface area contributed by atoms with Crippen molar-refractivity contribution in [1.29, 1.82) is 0 Å². The van der Waals surface area contributed by atoms with Crippen molar-refractivity contribution in [3.8, 4) is 5.75 Å². The normalized spacial score (nSPS) is 12.2. The first-order valence-electron chi connectivity index (χ1n) is 5.17. The van der Waals surface area contributed by atoms with E-state index in [-0.39, 0.29) is 0 Å². The van der Waals surface area contributed by atoms with Crippen LogP contribution in [0.1, 0.15) is 26.7 Å². The van der Waals surface area contributed by atoms with Crippen LogP contribution in [0.4, 0.5) is 5.69 Å². The zero-order chi connectivity index (χ0) is 10.4. The number of hydrogen-bond acceptors (Lipinski definition) is 2. The van der Waals surface area contributed by atoms with Gasteiger partial charge < -0.3 is 10.1 Å². The second-order valence-electron chi connectivity index (χ2n) is 3.56. The Bertz CT molecular complexity index is 256. The molecule has 0 fully saturated rings. The maximum Gasteiger partial charge on any atom is 0.119 e. The first kappa shape index (κ1) is 10.9. The standard InChI is InChI=1S/C12H19NO/c1-4-5-10(2)13-11-6-8-12(14-3)9-7-11/h6-10,13H,4-5H2,1-3H3/t10-/m1/s1. The largest absolute Gasteiger partial charge is 0.497 e. The van der Waals surface area contributed by atoms with Gasteiger partial charge in [-0.05, 0) is 37.6 Å². The van der Waals surface area contributed by atoms with E-state index in [1.165, 1.54) is 12.8 Å². The van der Waals surface area contributed by atoms with E-state index in [0.29, 0.717) is 6.04 Å². The smallest absolute Gasteiger partial charge is 0.119 e. The summed E-state index contributed by atoms with van der Waals surface area (Å²) in [6.07, 6.45) is 2.41. The second-order valence-corrected chi connectivity index (χ2v) is 3.56. The van der Waals surface area contributed by atoms with Crippen LogP contribution in [0.5, 0.6) is 5.75 Å². The van der Waals surface area contributed by atoms with Gasteiger partial charge in [0.1, 0.15) is 5.75 Å². The number of rotatable bonds is 5. The van der Waals surface area contributed by atoms with E-state index in [4.69, 9.17) is 4.74 Å². The van der Waals surface area contributed by atoms with E-state index < -0.39 is 0 Å². The van der Waals surface area contributed by atoms with Crippen LogP contribution in [0.15, 0.2) is 24.3 Å². The van der Waals surface area contributed by atoms with Gasteiger partial charge in [-0.15, -0.1) is 0 Å². The molecule has 0 bridgehead atoms. The van der Waals surface area contributed by atoms with Gasteiger partial charge in [0.2, 0.25) is 0 Å². The van der Waals surface area contributed by atoms with Gasteiger partial charge in [0, 0.05) is 11.7 Å². The van der Waals surface area contributed by atoms with Gasteiger partial charge in [0.15, 0.2) is 0 Å². The molecular weight excluding hydrogens is 174 g/mol. The summed E-state index contributed by atoms with van der Waals surface area (Å²) < 4.78 is 5.09. The summed E-state index contributed by atoms with van der Waals surface area (Å²) in [4.78, 5) is 0. The molecule has 1 rings (SSSR count). The Morgan fingerprint density at radius 3 is 2.43 bits per heavy atom. The highest BCUT2D eigenvalue weighted by Gasteiger charge is 1.99. The molecular formula is C12H19NO. The molecule has 2 nitrogen and oxygen atoms in total. The van der Waals surface area contributed by atoms with Crippen LogP contribution in [0, 0.1) is 0 Å². The number of nitrogens with one attached hydrogen (secondary N) is 1. The minimum Gasteiger partial charge on any atom is -0.497 e. The topological polar surface area (TPSA) is 21.3 Å². The fraction of sp³-hybridized carbons (Fsp3) is 0.500. The molecule has 0 unspecified atom stereocenters. The van der Waals surface area contributed by atoms with Gasteiger partial charge in [0.25, 0.3) is 0 Å². The number of anilines is 1. The summed E-state index contributed by atoms with van der Waals surface area (Å²) in [5.41, 5.74) is 1.16. The zero-order valence-corrected chi connectivity index (χ0v) is 9.21. The Morgan fingerprint density at radius 1 is 1.29 bits per heavy atom. The molecule has 2 heteroatoms. The molecule has 0 aromatic heterocycles. The number of methoxy groups -OCH3 is 1. The second kappa shape index (κ2) is 5.53. The van der Waals surface area contributed by atoms with Gasteiger partial charge in [-0.2, -0.15) is 0 Å². The lowest BCUT2D eigenvalue weighted by Gasteiger charge is -2.14. The van der Waals surface area contributed by atoms with Crippen molar-refractivity contribution in [1.82, 2.24) is 0 Å². The van der Waals surface area contributed by atoms with Crippen LogP contribution >= 0.6 is 0 Å². The molecule has 14 heavy (non-hydrogen) atoms. The summed E-state index contributed by atoms with van der Waals surface area (Å²) in [5, 5.41) is 3.44. The first-order chi connectivity index (χ1) is 6.76. The predicted molar refractivity (Wildman–Crippen MR) is 61.0 cm³/mol. The molecule has 0 aliphatic heterocycles. The van der Waals surface area contributed by atoms with Gasteiger partial charge in [0.05, 0.1) is 7.11 Å². The number of hydrogen-bond donors (Lipinski definition) is 1. The van der Waals surface area contributed by atoms with Crippen LogP contribution in [0.25, 0.3) is 0 Å². The van der Waals surface area contributed by atoms with Crippen molar-refractivity contribution < 1.29 is 4.74 Å². The van der Waals surface area contributed by atoms with Gasteiger partial charge in [-0.25, -0.2) is 0 Å². The SMILES string of the molecule is CCC[C@@H](C)Nc1ccc(OC)cc1. The van der Waals surface area contributed by atoms with Crippen LogP contribution in [0.2, 0.25) is 0 Å². The third-order valence-corrected chi connectivity index (χ3v) is 2.22. The van der Waals surface area contributed by atoms with Crippen molar-refractivity contribution >= 4 is 5.69 Å². The highest BCUT2D eigenvalue weighted by atomic mass is 16.5. The van der Waals surface area contributed by atoms with Crippen molar-refractivity contribution in [2.45, 2.75) is 32.7 Å². The molecule has 0 aliphatic carbocycles. The van der Waals surface area contributed by atoms with E-state index in [9.17, 15) is 0 Å². The summed E-state index contributed by atoms with van der Waals surface area (Å²) >= 11 is 0. The van der Waals surface area contributed by atoms with E-state index in [2.05, 4.69) is 19.2 Å². The fourth-order valence-electron chi connectivity index (χ4n) is 1.48. The predicted octanol–water partition coefficient (Wildman–Crippen LogP) is 3.30. The van der Waals surface area contributed by atoms with Crippen molar-refractivity contribution in [3.05, 3.63) is 24.3 Å². The maximum absolute atomic E-state index is 5.09. The summed E-state index contributed by atoms with van der Waals surface area (Å²) in [5.74, 6) is 0.902. The van der Waals surface area contributed by atoms with Crippen LogP contribution in [0.3, 0.4) is 0 Å². The monoisotopic (exact) mass is 193 g/mol. The molecule has 1 aromatic rings. The van der Waals surface area contributed by atoms with E-state index in [1.807, 2.05) is 24.3 Å². The highest BCUT2D eigenvalue weighted by Crippen LogP contribution is 2.16. The summed E-state index contributed by atoms with van der Waals surface area (Å²) in [6, 6.07) is 8.58. The fourth-order valence-corrected chi connectivity index (χ4v) is 1.48. The highest BCUT2D eigenvalue weighted by molar-refractivity contribution is 5.46. The Balaban J connectivity index is 2.50. The lowest BCUT2D eigenvalue weighted by Crippen LogP contribution is -2.14. The van der Waals surface area contributed by atoms with E-state index >= 15 is 0 Å². The average molecular weight is 193 g/mol. The van der Waals surface area contributed by atoms with Crippen molar-refractivity contribution in [2.75, 3.05) is 12.4 Å². The summed E-state index contributed by atoms with van der Waals surface area (Å²) in [6.45, 7) is 4.40. The third kappa shape index (κ3) is 3.29. The Labute approximate surface area is 86.3 Å². The Kier molecular flexibility index (Phi) is 4.30. The minimum absolute atomic E-state index is 0.536.